The first-order valence-corrected chi connectivity index (χ1v) is 5.05. The molecular weight excluding hydrogens is 244 g/mol. The highest BCUT2D eigenvalue weighted by atomic mass is 79.9. The van der Waals surface area contributed by atoms with Crippen molar-refractivity contribution in [2.45, 2.75) is 0 Å². The van der Waals surface area contributed by atoms with E-state index in [-0.39, 0.29) is 0 Å². The van der Waals surface area contributed by atoms with Crippen LogP contribution in [0.2, 0.25) is 0 Å². The van der Waals surface area contributed by atoms with E-state index in [1.54, 1.807) is 0 Å². The van der Waals surface area contributed by atoms with Crippen LogP contribution in [-0.2, 0) is 0 Å². The number of benzene rings is 1. The molecule has 1 aliphatic heterocycles. The molecule has 1 aromatic carbocycles. The molecule has 2 rings (SSSR count). The summed E-state index contributed by atoms with van der Waals surface area (Å²) in [5.74, 6) is 6.02. The summed E-state index contributed by atoms with van der Waals surface area (Å²) < 4.78 is 1.07. The first-order chi connectivity index (χ1) is 6.72. The first kappa shape index (κ1) is 9.33. The molecule has 3 N–H and O–H groups in total. The number of nitrogens with two attached hydrogens (primary N) is 1. The standard InChI is InChI=1S/C9H11BrN4/c1-14-5-8(13-11)12-7-4-2-3-6(10)9(7)14/h2-4H,5,11H2,1H3,(H,12,13). The maximum Gasteiger partial charge on any atom is 0.145 e. The summed E-state index contributed by atoms with van der Waals surface area (Å²) in [7, 11) is 2.01. The van der Waals surface area contributed by atoms with Crippen molar-refractivity contribution < 1.29 is 0 Å². The van der Waals surface area contributed by atoms with Crippen molar-refractivity contribution in [2.75, 3.05) is 23.8 Å². The summed E-state index contributed by atoms with van der Waals surface area (Å²) in [5, 5.41) is 6.85. The maximum absolute atomic E-state index is 5.25. The second-order valence-corrected chi connectivity index (χ2v) is 4.05. The second-order valence-electron chi connectivity index (χ2n) is 3.19. The van der Waals surface area contributed by atoms with E-state index in [9.17, 15) is 0 Å². The van der Waals surface area contributed by atoms with E-state index in [0.717, 1.165) is 21.7 Å². The van der Waals surface area contributed by atoms with Gasteiger partial charge in [0, 0.05) is 11.5 Å². The lowest BCUT2D eigenvalue weighted by Gasteiger charge is -2.29. The molecule has 0 bridgehead atoms. The monoisotopic (exact) mass is 254 g/mol. The van der Waals surface area contributed by atoms with Gasteiger partial charge in [0.05, 0.1) is 17.9 Å². The van der Waals surface area contributed by atoms with Crippen LogP contribution in [0.4, 0.5) is 11.4 Å². The van der Waals surface area contributed by atoms with Crippen LogP contribution < -0.4 is 16.1 Å². The summed E-state index contributed by atoms with van der Waals surface area (Å²) in [6, 6.07) is 5.99. The van der Waals surface area contributed by atoms with Crippen molar-refractivity contribution >= 4 is 33.1 Å². The molecule has 0 spiro atoms. The second kappa shape index (κ2) is 3.49. The number of para-hydroxylation sites is 1. The van der Waals surface area contributed by atoms with Crippen molar-refractivity contribution in [2.24, 2.45) is 10.9 Å². The van der Waals surface area contributed by atoms with Crippen molar-refractivity contribution in [3.05, 3.63) is 22.7 Å². The largest absolute Gasteiger partial charge is 0.364 e. The van der Waals surface area contributed by atoms with E-state index >= 15 is 0 Å². The van der Waals surface area contributed by atoms with Gasteiger partial charge in [-0.3, -0.25) is 0 Å². The quantitative estimate of drug-likeness (QED) is 0.546. The lowest BCUT2D eigenvalue weighted by Crippen LogP contribution is -2.36. The number of halogens is 1. The molecule has 1 aliphatic rings. The van der Waals surface area contributed by atoms with Crippen LogP contribution in [-0.4, -0.2) is 19.4 Å². The maximum atomic E-state index is 5.25. The van der Waals surface area contributed by atoms with Gasteiger partial charge in [0.15, 0.2) is 0 Å². The summed E-state index contributed by atoms with van der Waals surface area (Å²) in [4.78, 5) is 2.10. The van der Waals surface area contributed by atoms with E-state index in [2.05, 4.69) is 31.2 Å². The van der Waals surface area contributed by atoms with Gasteiger partial charge in [0.25, 0.3) is 0 Å². The van der Waals surface area contributed by atoms with E-state index in [1.165, 1.54) is 0 Å². The van der Waals surface area contributed by atoms with E-state index in [1.807, 2.05) is 25.2 Å². The molecular formula is C9H11BrN4. The van der Waals surface area contributed by atoms with Crippen LogP contribution in [0.1, 0.15) is 0 Å². The Kier molecular flexibility index (Phi) is 2.33. The third kappa shape index (κ3) is 1.43. The van der Waals surface area contributed by atoms with Gasteiger partial charge < -0.3 is 16.1 Å². The Labute approximate surface area is 90.9 Å². The Morgan fingerprint density at radius 2 is 2.36 bits per heavy atom. The van der Waals surface area contributed by atoms with Crippen molar-refractivity contribution in [1.82, 2.24) is 0 Å². The molecule has 74 valence electrons. The van der Waals surface area contributed by atoms with Crippen LogP contribution >= 0.6 is 15.9 Å². The van der Waals surface area contributed by atoms with Crippen molar-refractivity contribution in [3.8, 4) is 0 Å². The van der Waals surface area contributed by atoms with Crippen LogP contribution in [0, 0.1) is 0 Å². The minimum Gasteiger partial charge on any atom is -0.364 e. The fraction of sp³-hybridized carbons (Fsp3) is 0.222. The Balaban J connectivity index is 2.50. The average molecular weight is 255 g/mol. The number of rotatable bonds is 0. The van der Waals surface area contributed by atoms with Gasteiger partial charge in [0.1, 0.15) is 5.84 Å². The molecule has 1 heterocycles. The molecule has 0 aliphatic carbocycles. The molecule has 4 nitrogen and oxygen atoms in total. The molecule has 0 fully saturated rings. The number of anilines is 2. The summed E-state index contributed by atoms with van der Waals surface area (Å²) in [6.07, 6.45) is 0. The number of likely N-dealkylation sites (N-methyl/N-ethyl adjacent to an activating group) is 1. The number of fused-ring (bicyclic) bond motifs is 1. The van der Waals surface area contributed by atoms with Gasteiger partial charge in [-0.2, -0.15) is 5.10 Å². The van der Waals surface area contributed by atoms with E-state index in [0.29, 0.717) is 6.54 Å². The Bertz CT molecular complexity index is 388. The zero-order valence-electron chi connectivity index (χ0n) is 7.79. The number of nitrogens with one attached hydrogen (secondary N) is 1. The highest BCUT2D eigenvalue weighted by Crippen LogP contribution is 2.35. The topological polar surface area (TPSA) is 53.6 Å². The fourth-order valence-corrected chi connectivity index (χ4v) is 2.24. The molecule has 0 saturated heterocycles. The Hall–Kier alpha value is -1.23. The number of nitrogens with zero attached hydrogens (tertiary/aromatic N) is 2. The number of hydrazone groups is 1. The van der Waals surface area contributed by atoms with Gasteiger partial charge in [-0.15, -0.1) is 0 Å². The molecule has 0 atom stereocenters. The van der Waals surface area contributed by atoms with Crippen LogP contribution in [0.3, 0.4) is 0 Å². The van der Waals surface area contributed by atoms with Gasteiger partial charge in [-0.1, -0.05) is 6.07 Å². The predicted molar refractivity (Wildman–Crippen MR) is 62.7 cm³/mol. The molecule has 0 unspecified atom stereocenters. The minimum absolute atomic E-state index is 0.701. The highest BCUT2D eigenvalue weighted by molar-refractivity contribution is 9.10. The van der Waals surface area contributed by atoms with Crippen LogP contribution in [0.25, 0.3) is 0 Å². The summed E-state index contributed by atoms with van der Waals surface area (Å²) in [5.41, 5.74) is 2.16. The van der Waals surface area contributed by atoms with Crippen molar-refractivity contribution in [1.29, 1.82) is 0 Å². The lowest BCUT2D eigenvalue weighted by atomic mass is 10.2. The normalized spacial score (nSPS) is 17.9. The van der Waals surface area contributed by atoms with Gasteiger partial charge >= 0.3 is 0 Å². The third-order valence-corrected chi connectivity index (χ3v) is 2.83. The average Bonchev–Trinajstić information content (AvgIpc) is 2.17. The van der Waals surface area contributed by atoms with Gasteiger partial charge in [-0.05, 0) is 28.1 Å². The molecule has 0 aromatic heterocycles. The number of hydrogen-bond donors (Lipinski definition) is 2. The van der Waals surface area contributed by atoms with Crippen LogP contribution in [0.15, 0.2) is 27.8 Å². The lowest BCUT2D eigenvalue weighted by molar-refractivity contribution is 1.02. The van der Waals surface area contributed by atoms with E-state index in [4.69, 9.17) is 5.84 Å². The zero-order valence-corrected chi connectivity index (χ0v) is 9.37. The fourth-order valence-electron chi connectivity index (χ4n) is 1.58. The molecule has 0 amide bonds. The third-order valence-electron chi connectivity index (χ3n) is 2.19. The Morgan fingerprint density at radius 1 is 1.57 bits per heavy atom. The zero-order chi connectivity index (χ0) is 10.1. The van der Waals surface area contributed by atoms with Gasteiger partial charge in [0.2, 0.25) is 0 Å². The summed E-state index contributed by atoms with van der Waals surface area (Å²) >= 11 is 3.51. The van der Waals surface area contributed by atoms with Crippen molar-refractivity contribution in [3.63, 3.8) is 0 Å². The molecule has 0 radical (unpaired) electrons. The smallest absolute Gasteiger partial charge is 0.145 e. The Morgan fingerprint density at radius 3 is 3.07 bits per heavy atom. The molecule has 1 aromatic rings. The van der Waals surface area contributed by atoms with Crippen LogP contribution in [0.5, 0.6) is 0 Å². The molecule has 5 heteroatoms. The number of hydrogen-bond acceptors (Lipinski definition) is 3. The minimum atomic E-state index is 0.701. The first-order valence-electron chi connectivity index (χ1n) is 4.26. The van der Waals surface area contributed by atoms with E-state index < -0.39 is 0 Å². The van der Waals surface area contributed by atoms with Gasteiger partial charge in [-0.25, -0.2) is 0 Å². The number of amidine groups is 1. The molecule has 14 heavy (non-hydrogen) atoms. The molecule has 0 saturated carbocycles. The summed E-state index contributed by atoms with van der Waals surface area (Å²) in [6.45, 7) is 0.701. The predicted octanol–water partition coefficient (Wildman–Crippen LogP) is 1.58. The SMILES string of the molecule is CN1CC(=NN)Nc2cccc(Br)c21. The highest BCUT2D eigenvalue weighted by Gasteiger charge is 2.19.